The Kier molecular flexibility index (Phi) is 5.44. The molecule has 1 N–H and O–H groups in total. The summed E-state index contributed by atoms with van der Waals surface area (Å²) in [5.74, 6) is 0. The van der Waals surface area contributed by atoms with Crippen LogP contribution in [-0.4, -0.2) is 23.9 Å². The number of benzene rings is 3. The molecule has 0 aliphatic heterocycles. The molecule has 0 bridgehead atoms. The Labute approximate surface area is 165 Å². The minimum Gasteiger partial charge on any atom is -0.277 e. The number of hydrogen-bond acceptors (Lipinski definition) is 4. The number of anilines is 2. The maximum absolute atomic E-state index is 12.9. The van der Waals surface area contributed by atoms with Gasteiger partial charge in [-0.25, -0.2) is 16.8 Å². The zero-order valence-corrected chi connectivity index (χ0v) is 17.0. The van der Waals surface area contributed by atoms with Crippen molar-refractivity contribution in [1.82, 2.24) is 0 Å². The van der Waals surface area contributed by atoms with Crippen molar-refractivity contribution in [3.63, 3.8) is 0 Å². The van der Waals surface area contributed by atoms with Crippen LogP contribution in [0.1, 0.15) is 5.56 Å². The molecule has 0 heterocycles. The fourth-order valence-electron chi connectivity index (χ4n) is 2.64. The lowest BCUT2D eigenvalue weighted by molar-refractivity contribution is 0.593. The van der Waals surface area contributed by atoms with Crippen molar-refractivity contribution in [3.8, 4) is 0 Å². The van der Waals surface area contributed by atoms with Crippen molar-refractivity contribution in [2.24, 2.45) is 0 Å². The molecule has 0 atom stereocenters. The van der Waals surface area contributed by atoms with E-state index >= 15 is 0 Å². The van der Waals surface area contributed by atoms with Crippen LogP contribution in [0.25, 0.3) is 0 Å². The van der Waals surface area contributed by atoms with Gasteiger partial charge in [0.05, 0.1) is 21.2 Å². The van der Waals surface area contributed by atoms with Crippen LogP contribution in [0.2, 0.25) is 0 Å². The van der Waals surface area contributed by atoms with Gasteiger partial charge in [-0.2, -0.15) is 0 Å². The van der Waals surface area contributed by atoms with Crippen LogP contribution in [-0.2, 0) is 20.0 Å². The smallest absolute Gasteiger partial charge is 0.264 e. The number of rotatable bonds is 6. The molecule has 8 heteroatoms. The molecule has 3 aromatic carbocycles. The van der Waals surface area contributed by atoms with Gasteiger partial charge in [-0.15, -0.1) is 0 Å². The van der Waals surface area contributed by atoms with Crippen molar-refractivity contribution in [1.29, 1.82) is 0 Å². The van der Waals surface area contributed by atoms with Crippen molar-refractivity contribution in [2.45, 2.75) is 16.7 Å². The second-order valence-corrected chi connectivity index (χ2v) is 9.87. The van der Waals surface area contributed by atoms with Gasteiger partial charge >= 0.3 is 0 Å². The first-order valence-electron chi connectivity index (χ1n) is 8.44. The van der Waals surface area contributed by atoms with Gasteiger partial charge in [-0.1, -0.05) is 48.0 Å². The highest BCUT2D eigenvalue weighted by atomic mass is 32.2. The topological polar surface area (TPSA) is 83.6 Å². The van der Waals surface area contributed by atoms with Gasteiger partial charge in [-0.3, -0.25) is 9.03 Å². The average molecular weight is 417 g/mol. The molecule has 28 heavy (non-hydrogen) atoms. The van der Waals surface area contributed by atoms with Gasteiger partial charge in [0.25, 0.3) is 20.0 Å². The Hall–Kier alpha value is -2.84. The Morgan fingerprint density at radius 3 is 1.93 bits per heavy atom. The van der Waals surface area contributed by atoms with E-state index in [-0.39, 0.29) is 21.2 Å². The largest absolute Gasteiger partial charge is 0.277 e. The Morgan fingerprint density at radius 2 is 1.29 bits per heavy atom. The average Bonchev–Trinajstić information content (AvgIpc) is 2.68. The third kappa shape index (κ3) is 4.02. The van der Waals surface area contributed by atoms with E-state index in [1.807, 2.05) is 6.92 Å². The predicted molar refractivity (Wildman–Crippen MR) is 110 cm³/mol. The van der Waals surface area contributed by atoms with Crippen LogP contribution < -0.4 is 9.03 Å². The van der Waals surface area contributed by atoms with Gasteiger partial charge in [0.1, 0.15) is 0 Å². The van der Waals surface area contributed by atoms with E-state index in [0.29, 0.717) is 0 Å². The van der Waals surface area contributed by atoms with E-state index in [4.69, 9.17) is 0 Å². The van der Waals surface area contributed by atoms with E-state index in [2.05, 4.69) is 4.72 Å². The third-order valence-electron chi connectivity index (χ3n) is 4.22. The van der Waals surface area contributed by atoms with Gasteiger partial charge < -0.3 is 0 Å². The minimum absolute atomic E-state index is 0.0986. The summed E-state index contributed by atoms with van der Waals surface area (Å²) in [5.41, 5.74) is 1.33. The number of sulfonamides is 2. The summed E-state index contributed by atoms with van der Waals surface area (Å²) in [6.07, 6.45) is 0. The maximum Gasteiger partial charge on any atom is 0.264 e. The van der Waals surface area contributed by atoms with E-state index in [0.717, 1.165) is 9.87 Å². The zero-order chi connectivity index (χ0) is 20.4. The Bertz CT molecular complexity index is 1170. The molecule has 0 radical (unpaired) electrons. The number of aryl methyl sites for hydroxylation is 1. The van der Waals surface area contributed by atoms with Gasteiger partial charge in [-0.05, 0) is 43.3 Å². The Balaban J connectivity index is 1.99. The van der Waals surface area contributed by atoms with E-state index in [1.165, 1.54) is 37.4 Å². The third-order valence-corrected chi connectivity index (χ3v) is 7.39. The highest BCUT2D eigenvalue weighted by Gasteiger charge is 2.24. The first kappa shape index (κ1) is 19.9. The Morgan fingerprint density at radius 1 is 0.714 bits per heavy atom. The fourth-order valence-corrected chi connectivity index (χ4v) is 4.95. The maximum atomic E-state index is 12.9. The monoisotopic (exact) mass is 416 g/mol. The number of nitrogens with one attached hydrogen (secondary N) is 1. The van der Waals surface area contributed by atoms with Gasteiger partial charge in [0, 0.05) is 7.05 Å². The molecule has 0 saturated carbocycles. The molecule has 0 spiro atoms. The lowest BCUT2D eigenvalue weighted by Crippen LogP contribution is -2.28. The van der Waals surface area contributed by atoms with Crippen LogP contribution >= 0.6 is 0 Å². The molecule has 0 amide bonds. The van der Waals surface area contributed by atoms with Crippen LogP contribution in [0, 0.1) is 6.92 Å². The lowest BCUT2D eigenvalue weighted by atomic mass is 10.2. The highest BCUT2D eigenvalue weighted by molar-refractivity contribution is 7.93. The quantitative estimate of drug-likeness (QED) is 0.665. The molecule has 0 fully saturated rings. The lowest BCUT2D eigenvalue weighted by Gasteiger charge is -2.22. The standard InChI is InChI=1S/C20H20N2O4S2/c1-16-12-14-17(15-13-16)27(23,24)21-19-10-6-7-11-20(19)22(2)28(25,26)18-8-4-3-5-9-18/h3-15,21H,1-2H3. The zero-order valence-electron chi connectivity index (χ0n) is 15.4. The molecule has 3 aromatic rings. The van der Waals surface area contributed by atoms with Crippen LogP contribution in [0.5, 0.6) is 0 Å². The summed E-state index contributed by atoms with van der Waals surface area (Å²) >= 11 is 0. The molecule has 0 saturated heterocycles. The number of nitrogens with zero attached hydrogens (tertiary/aromatic N) is 1. The summed E-state index contributed by atoms with van der Waals surface area (Å²) in [7, 11) is -6.32. The fraction of sp³-hybridized carbons (Fsp3) is 0.100. The molecule has 0 aliphatic rings. The number of para-hydroxylation sites is 2. The molecule has 3 rings (SSSR count). The SMILES string of the molecule is Cc1ccc(S(=O)(=O)Nc2ccccc2N(C)S(=O)(=O)c2ccccc2)cc1. The van der Waals surface area contributed by atoms with E-state index in [1.54, 1.807) is 48.5 Å². The minimum atomic E-state index is -3.87. The van der Waals surface area contributed by atoms with Crippen LogP contribution in [0.15, 0.2) is 88.7 Å². The summed E-state index contributed by atoms with van der Waals surface area (Å²) in [6.45, 7) is 1.86. The van der Waals surface area contributed by atoms with Crippen LogP contribution in [0.3, 0.4) is 0 Å². The summed E-state index contributed by atoms with van der Waals surface area (Å²) in [6, 6.07) is 20.7. The van der Waals surface area contributed by atoms with Crippen molar-refractivity contribution < 1.29 is 16.8 Å². The summed E-state index contributed by atoms with van der Waals surface area (Å²) < 4.78 is 54.8. The normalized spacial score (nSPS) is 11.8. The molecule has 0 unspecified atom stereocenters. The van der Waals surface area contributed by atoms with Crippen molar-refractivity contribution in [3.05, 3.63) is 84.4 Å². The van der Waals surface area contributed by atoms with Crippen molar-refractivity contribution >= 4 is 31.4 Å². The van der Waals surface area contributed by atoms with Crippen molar-refractivity contribution in [2.75, 3.05) is 16.1 Å². The van der Waals surface area contributed by atoms with Crippen LogP contribution in [0.4, 0.5) is 11.4 Å². The molecule has 0 aliphatic carbocycles. The number of hydrogen-bond donors (Lipinski definition) is 1. The second-order valence-electron chi connectivity index (χ2n) is 6.22. The second kappa shape index (κ2) is 7.65. The molecular weight excluding hydrogens is 396 g/mol. The molecule has 6 nitrogen and oxygen atoms in total. The predicted octanol–water partition coefficient (Wildman–Crippen LogP) is 3.62. The van der Waals surface area contributed by atoms with E-state index in [9.17, 15) is 16.8 Å². The molecule has 0 aromatic heterocycles. The van der Waals surface area contributed by atoms with Gasteiger partial charge in [0.15, 0.2) is 0 Å². The summed E-state index contributed by atoms with van der Waals surface area (Å²) in [4.78, 5) is 0.218. The molecule has 146 valence electrons. The van der Waals surface area contributed by atoms with E-state index < -0.39 is 20.0 Å². The molecular formula is C20H20N2O4S2. The highest BCUT2D eigenvalue weighted by Crippen LogP contribution is 2.31. The first-order valence-corrected chi connectivity index (χ1v) is 11.4. The summed E-state index contributed by atoms with van der Waals surface area (Å²) in [5, 5.41) is 0. The first-order chi connectivity index (χ1) is 13.2. The van der Waals surface area contributed by atoms with Gasteiger partial charge in [0.2, 0.25) is 0 Å².